The summed E-state index contributed by atoms with van der Waals surface area (Å²) in [7, 11) is 1.77. The molecule has 2 rings (SSSR count). The lowest BCUT2D eigenvalue weighted by Gasteiger charge is -2.33. The number of amides is 1. The molecule has 20 heavy (non-hydrogen) atoms. The molecule has 1 aliphatic heterocycles. The van der Waals surface area contributed by atoms with Gasteiger partial charge in [-0.1, -0.05) is 18.2 Å². The molecule has 0 spiro atoms. The Labute approximate surface area is 120 Å². The van der Waals surface area contributed by atoms with Crippen molar-refractivity contribution in [1.29, 1.82) is 0 Å². The minimum absolute atomic E-state index is 0.0467. The largest absolute Gasteiger partial charge is 0.339 e. The molecular weight excluding hydrogens is 255 g/mol. The summed E-state index contributed by atoms with van der Waals surface area (Å²) in [6.45, 7) is 4.85. The maximum Gasteiger partial charge on any atom is 0.226 e. The van der Waals surface area contributed by atoms with Crippen molar-refractivity contribution in [2.45, 2.75) is 38.8 Å². The van der Waals surface area contributed by atoms with Crippen LogP contribution in [0.25, 0.3) is 0 Å². The minimum Gasteiger partial charge on any atom is -0.339 e. The van der Waals surface area contributed by atoms with Gasteiger partial charge in [0.15, 0.2) is 0 Å². The molecule has 0 bridgehead atoms. The number of piperidine rings is 1. The fourth-order valence-electron chi connectivity index (χ4n) is 2.86. The summed E-state index contributed by atoms with van der Waals surface area (Å²) in [5.74, 6) is -0.0853. The molecule has 0 aromatic heterocycles. The Bertz CT molecular complexity index is 477. The lowest BCUT2D eigenvalue weighted by molar-refractivity contribution is -0.137. The molecule has 110 valence electrons. The van der Waals surface area contributed by atoms with Crippen LogP contribution in [0.15, 0.2) is 24.3 Å². The van der Waals surface area contributed by atoms with Crippen molar-refractivity contribution >= 4 is 5.91 Å². The number of hydrogen-bond donors (Lipinski definition) is 1. The molecule has 3 atom stereocenters. The predicted octanol–water partition coefficient (Wildman–Crippen LogP) is 2.73. The van der Waals surface area contributed by atoms with Gasteiger partial charge in [0.25, 0.3) is 0 Å². The lowest BCUT2D eigenvalue weighted by Crippen LogP contribution is -2.43. The van der Waals surface area contributed by atoms with Crippen LogP contribution in [0.5, 0.6) is 0 Å². The Morgan fingerprint density at radius 3 is 2.80 bits per heavy atom. The fraction of sp³-hybridized carbons (Fsp3) is 0.562. The Morgan fingerprint density at radius 1 is 1.45 bits per heavy atom. The zero-order valence-electron chi connectivity index (χ0n) is 12.4. The first-order valence-corrected chi connectivity index (χ1v) is 7.25. The second-order valence-electron chi connectivity index (χ2n) is 5.72. The van der Waals surface area contributed by atoms with Gasteiger partial charge in [-0.2, -0.15) is 0 Å². The minimum atomic E-state index is -0.252. The Hall–Kier alpha value is -1.42. The van der Waals surface area contributed by atoms with E-state index in [1.54, 1.807) is 30.1 Å². The van der Waals surface area contributed by atoms with E-state index in [-0.39, 0.29) is 23.7 Å². The molecule has 1 unspecified atom stereocenters. The number of halogens is 1. The normalized spacial score (nSPS) is 24.2. The Morgan fingerprint density at radius 2 is 2.15 bits per heavy atom. The van der Waals surface area contributed by atoms with Crippen LogP contribution in [-0.2, 0) is 4.79 Å². The van der Waals surface area contributed by atoms with Gasteiger partial charge in [-0.3, -0.25) is 4.79 Å². The monoisotopic (exact) mass is 278 g/mol. The van der Waals surface area contributed by atoms with E-state index in [9.17, 15) is 9.18 Å². The number of hydrogen-bond acceptors (Lipinski definition) is 2. The van der Waals surface area contributed by atoms with Crippen molar-refractivity contribution in [3.8, 4) is 0 Å². The number of rotatable bonds is 3. The van der Waals surface area contributed by atoms with Crippen LogP contribution < -0.4 is 5.32 Å². The van der Waals surface area contributed by atoms with Crippen LogP contribution in [0.3, 0.4) is 0 Å². The molecule has 4 heteroatoms. The van der Waals surface area contributed by atoms with E-state index in [4.69, 9.17) is 0 Å². The van der Waals surface area contributed by atoms with Gasteiger partial charge in [-0.15, -0.1) is 0 Å². The molecule has 0 aliphatic carbocycles. The molecular formula is C16H23FN2O. The van der Waals surface area contributed by atoms with E-state index in [1.807, 2.05) is 6.92 Å². The van der Waals surface area contributed by atoms with Crippen molar-refractivity contribution in [3.63, 3.8) is 0 Å². The highest BCUT2D eigenvalue weighted by atomic mass is 19.1. The van der Waals surface area contributed by atoms with E-state index in [0.717, 1.165) is 19.4 Å². The maximum atomic E-state index is 13.8. The van der Waals surface area contributed by atoms with Crippen LogP contribution in [0, 0.1) is 11.7 Å². The summed E-state index contributed by atoms with van der Waals surface area (Å²) in [6, 6.07) is 6.79. The number of carbonyl (C=O) groups is 1. The predicted molar refractivity (Wildman–Crippen MR) is 77.8 cm³/mol. The van der Waals surface area contributed by atoms with Crippen molar-refractivity contribution in [1.82, 2.24) is 10.2 Å². The summed E-state index contributed by atoms with van der Waals surface area (Å²) in [5, 5.41) is 3.35. The average molecular weight is 278 g/mol. The van der Waals surface area contributed by atoms with E-state index in [2.05, 4.69) is 12.2 Å². The first-order valence-electron chi connectivity index (χ1n) is 7.25. The highest BCUT2D eigenvalue weighted by molar-refractivity contribution is 5.79. The third-order valence-electron chi connectivity index (χ3n) is 4.26. The number of nitrogens with one attached hydrogen (secondary N) is 1. The topological polar surface area (TPSA) is 32.3 Å². The lowest BCUT2D eigenvalue weighted by atomic mass is 9.91. The maximum absolute atomic E-state index is 13.8. The number of carbonyl (C=O) groups excluding carboxylic acids is 1. The third-order valence-corrected chi connectivity index (χ3v) is 4.26. The Kier molecular flexibility index (Phi) is 4.76. The molecule has 1 aromatic rings. The molecule has 0 saturated carbocycles. The van der Waals surface area contributed by atoms with Crippen molar-refractivity contribution in [2.24, 2.45) is 5.92 Å². The van der Waals surface area contributed by atoms with Crippen molar-refractivity contribution in [2.75, 3.05) is 13.6 Å². The summed E-state index contributed by atoms with van der Waals surface area (Å²) < 4.78 is 13.8. The van der Waals surface area contributed by atoms with Crippen molar-refractivity contribution in [3.05, 3.63) is 35.6 Å². The molecule has 0 radical (unpaired) electrons. The highest BCUT2D eigenvalue weighted by Crippen LogP contribution is 2.26. The summed E-state index contributed by atoms with van der Waals surface area (Å²) >= 11 is 0. The van der Waals surface area contributed by atoms with E-state index in [0.29, 0.717) is 11.6 Å². The van der Waals surface area contributed by atoms with Gasteiger partial charge in [0.05, 0.1) is 6.04 Å². The summed E-state index contributed by atoms with van der Waals surface area (Å²) in [6.07, 6.45) is 1.71. The Balaban J connectivity index is 2.08. The number of benzene rings is 1. The van der Waals surface area contributed by atoms with Crippen LogP contribution in [0.1, 0.15) is 38.3 Å². The second-order valence-corrected chi connectivity index (χ2v) is 5.72. The first kappa shape index (κ1) is 15.0. The molecule has 1 heterocycles. The molecule has 1 aromatic carbocycles. The van der Waals surface area contributed by atoms with Crippen LogP contribution in [0.2, 0.25) is 0 Å². The molecule has 1 fully saturated rings. The summed E-state index contributed by atoms with van der Waals surface area (Å²) in [4.78, 5) is 14.2. The van der Waals surface area contributed by atoms with Gasteiger partial charge in [0.2, 0.25) is 5.91 Å². The van der Waals surface area contributed by atoms with Crippen LogP contribution >= 0.6 is 0 Å². The van der Waals surface area contributed by atoms with Crippen molar-refractivity contribution < 1.29 is 9.18 Å². The highest BCUT2D eigenvalue weighted by Gasteiger charge is 2.29. The van der Waals surface area contributed by atoms with Gasteiger partial charge < -0.3 is 10.2 Å². The zero-order valence-corrected chi connectivity index (χ0v) is 12.4. The van der Waals surface area contributed by atoms with E-state index >= 15 is 0 Å². The van der Waals surface area contributed by atoms with Crippen LogP contribution in [0.4, 0.5) is 4.39 Å². The van der Waals surface area contributed by atoms with E-state index < -0.39 is 0 Å². The number of nitrogens with zero attached hydrogens (tertiary/aromatic N) is 1. The van der Waals surface area contributed by atoms with E-state index in [1.165, 1.54) is 6.07 Å². The molecule has 3 nitrogen and oxygen atoms in total. The molecule has 1 N–H and O–H groups in total. The zero-order chi connectivity index (χ0) is 14.7. The van der Waals surface area contributed by atoms with Gasteiger partial charge in [-0.25, -0.2) is 4.39 Å². The van der Waals surface area contributed by atoms with Gasteiger partial charge in [0.1, 0.15) is 5.82 Å². The smallest absolute Gasteiger partial charge is 0.226 e. The fourth-order valence-corrected chi connectivity index (χ4v) is 2.86. The SMILES string of the molecule is CC(c1ccccc1F)N(C)C(=O)[C@H]1CCN[C@@H](C)C1. The first-order chi connectivity index (χ1) is 9.50. The molecule has 1 aliphatic rings. The third kappa shape index (κ3) is 3.18. The standard InChI is InChI=1S/C16H23FN2O/c1-11-10-13(8-9-18-11)16(20)19(3)12(2)14-6-4-5-7-15(14)17/h4-7,11-13,18H,8-10H2,1-3H3/t11-,12?,13-/m0/s1. The van der Waals surface area contributed by atoms with Gasteiger partial charge >= 0.3 is 0 Å². The second kappa shape index (κ2) is 6.35. The molecule has 1 saturated heterocycles. The van der Waals surface area contributed by atoms with Gasteiger partial charge in [-0.05, 0) is 39.3 Å². The van der Waals surface area contributed by atoms with Crippen LogP contribution in [-0.4, -0.2) is 30.4 Å². The average Bonchev–Trinajstić information content (AvgIpc) is 2.45. The molecule has 1 amide bonds. The van der Waals surface area contributed by atoms with Gasteiger partial charge in [0, 0.05) is 24.6 Å². The quantitative estimate of drug-likeness (QED) is 0.922. The summed E-state index contributed by atoms with van der Waals surface area (Å²) in [5.41, 5.74) is 0.574.